The van der Waals surface area contributed by atoms with E-state index >= 15 is 0 Å². The van der Waals surface area contributed by atoms with Crippen LogP contribution in [0.5, 0.6) is 0 Å². The Kier molecular flexibility index (Phi) is 3.09. The van der Waals surface area contributed by atoms with Crippen LogP contribution in [-0.4, -0.2) is 15.1 Å². The smallest absolute Gasteiger partial charge is 0.293 e. The minimum atomic E-state index is 0.382. The van der Waals surface area contributed by atoms with Crippen LogP contribution in [0.25, 0.3) is 34.3 Å². The minimum Gasteiger partial charge on any atom is -0.459 e. The van der Waals surface area contributed by atoms with Gasteiger partial charge in [-0.2, -0.15) is 4.98 Å². The first kappa shape index (κ1) is 13.7. The van der Waals surface area contributed by atoms with Gasteiger partial charge in [-0.3, -0.25) is 0 Å². The van der Waals surface area contributed by atoms with Gasteiger partial charge in [0.05, 0.1) is 17.0 Å². The largest absolute Gasteiger partial charge is 0.459 e. The predicted octanol–water partition coefficient (Wildman–Crippen LogP) is 5.00. The summed E-state index contributed by atoms with van der Waals surface area (Å²) in [7, 11) is 0. The number of rotatable bonds is 4. The summed E-state index contributed by atoms with van der Waals surface area (Å²) < 4.78 is 10.5. The molecule has 5 rings (SSSR count). The van der Waals surface area contributed by atoms with Gasteiger partial charge >= 0.3 is 0 Å². The summed E-state index contributed by atoms with van der Waals surface area (Å²) in [5.41, 5.74) is 3.05. The Morgan fingerprint density at radius 2 is 1.83 bits per heavy atom. The van der Waals surface area contributed by atoms with Crippen molar-refractivity contribution in [1.29, 1.82) is 0 Å². The molecule has 1 aromatic carbocycles. The summed E-state index contributed by atoms with van der Waals surface area (Å²) in [4.78, 5) is 9.11. The molecular weight excluding hydrogens is 322 g/mol. The molecule has 6 heteroatoms. The molecule has 0 unspecified atom stereocenters. The molecule has 4 aromatic rings. The molecule has 118 valence electrons. The van der Waals surface area contributed by atoms with Gasteiger partial charge in [-0.15, -0.1) is 11.3 Å². The molecule has 1 saturated carbocycles. The highest BCUT2D eigenvalue weighted by Crippen LogP contribution is 2.42. The highest BCUT2D eigenvalue weighted by molar-refractivity contribution is 7.10. The maximum atomic E-state index is 5.27. The van der Waals surface area contributed by atoms with Crippen molar-refractivity contribution >= 4 is 11.3 Å². The second kappa shape index (κ2) is 5.42. The molecule has 0 spiro atoms. The van der Waals surface area contributed by atoms with E-state index in [4.69, 9.17) is 13.9 Å². The van der Waals surface area contributed by atoms with Gasteiger partial charge in [0.25, 0.3) is 5.89 Å². The van der Waals surface area contributed by atoms with E-state index in [-0.39, 0.29) is 0 Å². The molecule has 0 N–H and O–H groups in total. The molecule has 0 bridgehead atoms. The molecule has 0 aliphatic heterocycles. The number of benzene rings is 1. The fourth-order valence-electron chi connectivity index (χ4n) is 2.57. The minimum absolute atomic E-state index is 0.382. The molecule has 3 aromatic heterocycles. The zero-order valence-corrected chi connectivity index (χ0v) is 13.5. The summed E-state index contributed by atoms with van der Waals surface area (Å²) >= 11 is 1.76. The number of thiazole rings is 1. The molecule has 1 aliphatic carbocycles. The first-order valence-electron chi connectivity index (χ1n) is 7.80. The molecule has 0 atom stereocenters. The fourth-order valence-corrected chi connectivity index (χ4v) is 3.57. The Labute approximate surface area is 142 Å². The van der Waals surface area contributed by atoms with Crippen molar-refractivity contribution in [3.8, 4) is 34.3 Å². The Balaban J connectivity index is 1.41. The molecule has 0 radical (unpaired) electrons. The standard InChI is InChI=1S/C18H13N3O2S/c1-2-15(22-9-1)17-20-16(21-23-17)12-5-3-11(4-6-12)14-10-24-18(19-14)13-7-8-13/h1-6,9-10,13H,7-8H2. The zero-order chi connectivity index (χ0) is 15.9. The third kappa shape index (κ3) is 2.45. The first-order chi connectivity index (χ1) is 11.9. The lowest BCUT2D eigenvalue weighted by molar-refractivity contribution is 0.417. The van der Waals surface area contributed by atoms with Crippen LogP contribution in [0, 0.1) is 0 Å². The van der Waals surface area contributed by atoms with Crippen molar-refractivity contribution in [1.82, 2.24) is 15.1 Å². The van der Waals surface area contributed by atoms with Gasteiger partial charge in [-0.05, 0) is 25.0 Å². The third-order valence-corrected chi connectivity index (χ3v) is 5.05. The summed E-state index contributed by atoms with van der Waals surface area (Å²) in [5, 5.41) is 7.41. The average molecular weight is 335 g/mol. The van der Waals surface area contributed by atoms with E-state index in [1.54, 1.807) is 29.7 Å². The van der Waals surface area contributed by atoms with Crippen molar-refractivity contribution in [2.24, 2.45) is 0 Å². The zero-order valence-electron chi connectivity index (χ0n) is 12.7. The average Bonchev–Trinajstić information content (AvgIpc) is 3.07. The lowest BCUT2D eigenvalue weighted by Gasteiger charge is -1.98. The van der Waals surface area contributed by atoms with Gasteiger partial charge in [0, 0.05) is 22.4 Å². The molecule has 0 saturated heterocycles. The number of hydrogen-bond acceptors (Lipinski definition) is 6. The van der Waals surface area contributed by atoms with Crippen LogP contribution in [0.4, 0.5) is 0 Å². The van der Waals surface area contributed by atoms with Crippen LogP contribution >= 0.6 is 11.3 Å². The Morgan fingerprint density at radius 1 is 1.00 bits per heavy atom. The second-order valence-electron chi connectivity index (χ2n) is 5.82. The lowest BCUT2D eigenvalue weighted by atomic mass is 10.1. The van der Waals surface area contributed by atoms with Crippen molar-refractivity contribution in [2.75, 3.05) is 0 Å². The van der Waals surface area contributed by atoms with Crippen molar-refractivity contribution in [2.45, 2.75) is 18.8 Å². The lowest BCUT2D eigenvalue weighted by Crippen LogP contribution is -1.83. The second-order valence-corrected chi connectivity index (χ2v) is 6.71. The number of nitrogens with zero attached hydrogens (tertiary/aromatic N) is 3. The topological polar surface area (TPSA) is 65.0 Å². The number of hydrogen-bond donors (Lipinski definition) is 0. The maximum absolute atomic E-state index is 5.27. The van der Waals surface area contributed by atoms with Crippen LogP contribution in [0.1, 0.15) is 23.8 Å². The molecule has 0 amide bonds. The monoisotopic (exact) mass is 335 g/mol. The van der Waals surface area contributed by atoms with Gasteiger partial charge in [0.1, 0.15) is 0 Å². The van der Waals surface area contributed by atoms with Crippen LogP contribution in [-0.2, 0) is 0 Å². The van der Waals surface area contributed by atoms with E-state index in [0.29, 0.717) is 23.4 Å². The number of aromatic nitrogens is 3. The van der Waals surface area contributed by atoms with E-state index in [9.17, 15) is 0 Å². The Hall–Kier alpha value is -2.73. The maximum Gasteiger partial charge on any atom is 0.293 e. The molecule has 5 nitrogen and oxygen atoms in total. The molecule has 1 fully saturated rings. The highest BCUT2D eigenvalue weighted by atomic mass is 32.1. The summed E-state index contributed by atoms with van der Waals surface area (Å²) in [6.45, 7) is 0. The summed E-state index contributed by atoms with van der Waals surface area (Å²) in [6.07, 6.45) is 4.14. The molecular formula is C18H13N3O2S. The van der Waals surface area contributed by atoms with Crippen LogP contribution < -0.4 is 0 Å². The van der Waals surface area contributed by atoms with E-state index in [0.717, 1.165) is 16.8 Å². The van der Waals surface area contributed by atoms with Gasteiger partial charge in [0.15, 0.2) is 5.76 Å². The van der Waals surface area contributed by atoms with E-state index in [1.165, 1.54) is 17.8 Å². The summed E-state index contributed by atoms with van der Waals surface area (Å²) in [6, 6.07) is 11.6. The van der Waals surface area contributed by atoms with Gasteiger partial charge in [-0.1, -0.05) is 29.4 Å². The molecule has 1 aliphatic rings. The van der Waals surface area contributed by atoms with Crippen LogP contribution in [0.2, 0.25) is 0 Å². The van der Waals surface area contributed by atoms with E-state index in [2.05, 4.69) is 15.5 Å². The van der Waals surface area contributed by atoms with Gasteiger partial charge in [-0.25, -0.2) is 4.98 Å². The molecule has 3 heterocycles. The highest BCUT2D eigenvalue weighted by Gasteiger charge is 2.26. The van der Waals surface area contributed by atoms with Crippen LogP contribution in [0.15, 0.2) is 57.0 Å². The van der Waals surface area contributed by atoms with Gasteiger partial charge < -0.3 is 8.94 Å². The Bertz CT molecular complexity index is 966. The normalized spacial score (nSPS) is 14.2. The first-order valence-corrected chi connectivity index (χ1v) is 8.68. The SMILES string of the molecule is c1coc(-c2nc(-c3ccc(-c4csc(C5CC5)n4)cc3)no2)c1. The van der Waals surface area contributed by atoms with Crippen molar-refractivity contribution < 1.29 is 8.94 Å². The molecule has 24 heavy (non-hydrogen) atoms. The van der Waals surface area contributed by atoms with E-state index < -0.39 is 0 Å². The van der Waals surface area contributed by atoms with E-state index in [1.807, 2.05) is 24.3 Å². The Morgan fingerprint density at radius 3 is 2.58 bits per heavy atom. The quantitative estimate of drug-likeness (QED) is 0.525. The third-order valence-electron chi connectivity index (χ3n) is 4.05. The van der Waals surface area contributed by atoms with Crippen molar-refractivity contribution in [3.05, 3.63) is 53.0 Å². The predicted molar refractivity (Wildman–Crippen MR) is 90.5 cm³/mol. The summed E-state index contributed by atoms with van der Waals surface area (Å²) in [5.74, 6) is 2.19. The van der Waals surface area contributed by atoms with Crippen LogP contribution in [0.3, 0.4) is 0 Å². The van der Waals surface area contributed by atoms with Gasteiger partial charge in [0.2, 0.25) is 5.82 Å². The fraction of sp³-hybridized carbons (Fsp3) is 0.167. The number of furan rings is 1. The van der Waals surface area contributed by atoms with Crippen molar-refractivity contribution in [3.63, 3.8) is 0 Å².